The molecular formula is C17H14N4O2S. The quantitative estimate of drug-likeness (QED) is 0.341. The molecule has 0 bridgehead atoms. The van der Waals surface area contributed by atoms with Crippen LogP contribution < -0.4 is 5.32 Å². The van der Waals surface area contributed by atoms with E-state index >= 15 is 0 Å². The second kappa shape index (κ2) is 5.92. The lowest BCUT2D eigenvalue weighted by Gasteiger charge is -2.14. The Bertz CT molecular complexity index is 951. The van der Waals surface area contributed by atoms with Gasteiger partial charge in [0.1, 0.15) is 10.6 Å². The van der Waals surface area contributed by atoms with Crippen molar-refractivity contribution in [2.75, 3.05) is 6.54 Å². The molecule has 3 aromatic rings. The maximum atomic E-state index is 11.4. The Hall–Kier alpha value is -2.38. The van der Waals surface area contributed by atoms with Crippen LogP contribution in [0.1, 0.15) is 0 Å². The van der Waals surface area contributed by atoms with Gasteiger partial charge in [-0.05, 0) is 19.1 Å². The van der Waals surface area contributed by atoms with Crippen molar-refractivity contribution in [3.05, 3.63) is 60.0 Å². The van der Waals surface area contributed by atoms with Crippen molar-refractivity contribution in [2.24, 2.45) is 0 Å². The molecule has 1 N–H and O–H groups in total. The van der Waals surface area contributed by atoms with Crippen molar-refractivity contribution in [3.8, 4) is 11.3 Å². The van der Waals surface area contributed by atoms with Gasteiger partial charge in [0.05, 0.1) is 17.0 Å². The highest BCUT2D eigenvalue weighted by Crippen LogP contribution is 2.50. The lowest BCUT2D eigenvalue weighted by Crippen LogP contribution is -2.16. The van der Waals surface area contributed by atoms with Gasteiger partial charge in [-0.25, -0.2) is 0 Å². The van der Waals surface area contributed by atoms with E-state index < -0.39 is 0 Å². The SMILES string of the molecule is [CH2][CH]NCCn1nc2c3c(c([N+](=O)[O-])ccc31)Sc1ccccc1-2. The van der Waals surface area contributed by atoms with Crippen LogP contribution in [0.3, 0.4) is 0 Å². The minimum absolute atomic E-state index is 0.131. The molecule has 1 aromatic heterocycles. The number of nitrogens with one attached hydrogen (secondary N) is 1. The summed E-state index contributed by atoms with van der Waals surface area (Å²) in [4.78, 5) is 12.8. The normalized spacial score (nSPS) is 12.4. The van der Waals surface area contributed by atoms with Crippen molar-refractivity contribution >= 4 is 28.4 Å². The molecule has 2 aromatic carbocycles. The minimum atomic E-state index is -0.323. The average molecular weight is 338 g/mol. The highest BCUT2D eigenvalue weighted by molar-refractivity contribution is 8.00. The summed E-state index contributed by atoms with van der Waals surface area (Å²) in [6.07, 6.45) is 0. The maximum Gasteiger partial charge on any atom is 0.284 e. The van der Waals surface area contributed by atoms with Crippen LogP contribution in [0.4, 0.5) is 5.69 Å². The second-order valence-electron chi connectivity index (χ2n) is 5.39. The molecule has 0 amide bonds. The topological polar surface area (TPSA) is 73.0 Å². The van der Waals surface area contributed by atoms with Crippen LogP contribution in [0, 0.1) is 23.6 Å². The Morgan fingerprint density at radius 2 is 2.17 bits per heavy atom. The Kier molecular flexibility index (Phi) is 3.74. The number of aromatic nitrogens is 2. The molecule has 24 heavy (non-hydrogen) atoms. The Labute approximate surface area is 143 Å². The third-order valence-electron chi connectivity index (χ3n) is 4.01. The van der Waals surface area contributed by atoms with Gasteiger partial charge >= 0.3 is 0 Å². The fraction of sp³-hybridized carbons (Fsp3) is 0.118. The highest BCUT2D eigenvalue weighted by atomic mass is 32.2. The van der Waals surface area contributed by atoms with Crippen molar-refractivity contribution in [1.29, 1.82) is 0 Å². The monoisotopic (exact) mass is 338 g/mol. The molecule has 0 fully saturated rings. The third-order valence-corrected chi connectivity index (χ3v) is 5.21. The van der Waals surface area contributed by atoms with E-state index in [-0.39, 0.29) is 10.6 Å². The number of nitrogens with zero attached hydrogens (tertiary/aromatic N) is 3. The third kappa shape index (κ3) is 2.28. The summed E-state index contributed by atoms with van der Waals surface area (Å²) in [6.45, 7) is 6.64. The van der Waals surface area contributed by atoms with Gasteiger partial charge < -0.3 is 5.32 Å². The van der Waals surface area contributed by atoms with Crippen molar-refractivity contribution in [1.82, 2.24) is 15.1 Å². The van der Waals surface area contributed by atoms with Crippen molar-refractivity contribution in [3.63, 3.8) is 0 Å². The van der Waals surface area contributed by atoms with E-state index in [1.165, 1.54) is 11.8 Å². The summed E-state index contributed by atoms with van der Waals surface area (Å²) in [7, 11) is 0. The van der Waals surface area contributed by atoms with E-state index in [0.29, 0.717) is 18.0 Å². The van der Waals surface area contributed by atoms with Crippen LogP contribution in [-0.2, 0) is 6.54 Å². The summed E-state index contributed by atoms with van der Waals surface area (Å²) in [5.74, 6) is 0. The molecule has 0 saturated heterocycles. The first-order chi connectivity index (χ1) is 11.7. The van der Waals surface area contributed by atoms with Crippen LogP contribution in [0.5, 0.6) is 0 Å². The van der Waals surface area contributed by atoms with Crippen LogP contribution in [0.2, 0.25) is 0 Å². The van der Waals surface area contributed by atoms with Crippen LogP contribution >= 0.6 is 11.8 Å². The fourth-order valence-electron chi connectivity index (χ4n) is 2.97. The van der Waals surface area contributed by atoms with E-state index in [0.717, 1.165) is 27.1 Å². The number of benzene rings is 2. The summed E-state index contributed by atoms with van der Waals surface area (Å²) < 4.78 is 1.90. The number of nitro benzene ring substituents is 1. The number of fused-ring (bicyclic) bond motifs is 2. The molecule has 2 radical (unpaired) electrons. The van der Waals surface area contributed by atoms with Gasteiger partial charge in [0.15, 0.2) is 0 Å². The van der Waals surface area contributed by atoms with Gasteiger partial charge in [0.25, 0.3) is 5.69 Å². The molecule has 1 aliphatic rings. The predicted molar refractivity (Wildman–Crippen MR) is 93.6 cm³/mol. The van der Waals surface area contributed by atoms with Crippen molar-refractivity contribution in [2.45, 2.75) is 16.3 Å². The zero-order chi connectivity index (χ0) is 16.7. The van der Waals surface area contributed by atoms with Crippen LogP contribution in [-0.4, -0.2) is 21.2 Å². The first-order valence-corrected chi connectivity index (χ1v) is 8.32. The molecule has 0 unspecified atom stereocenters. The maximum absolute atomic E-state index is 11.4. The predicted octanol–water partition coefficient (Wildman–Crippen LogP) is 3.66. The lowest BCUT2D eigenvalue weighted by atomic mass is 10.1. The highest BCUT2D eigenvalue weighted by Gasteiger charge is 2.29. The smallest absolute Gasteiger partial charge is 0.284 e. The van der Waals surface area contributed by atoms with Gasteiger partial charge in [-0.1, -0.05) is 30.0 Å². The largest absolute Gasteiger partial charge is 0.311 e. The Morgan fingerprint density at radius 3 is 2.96 bits per heavy atom. The summed E-state index contributed by atoms with van der Waals surface area (Å²) in [5.41, 5.74) is 2.89. The van der Waals surface area contributed by atoms with E-state index in [1.807, 2.05) is 28.9 Å². The van der Waals surface area contributed by atoms with Crippen LogP contribution in [0.25, 0.3) is 22.2 Å². The Morgan fingerprint density at radius 1 is 1.33 bits per heavy atom. The van der Waals surface area contributed by atoms with Gasteiger partial charge in [0.2, 0.25) is 0 Å². The standard InChI is InChI=1S/C17H14N4O2S/c1-2-18-9-10-20-12-7-8-13(21(22)23)17-15(12)16(19-20)11-5-3-4-6-14(11)24-17/h2-8,18H,1,9-10H2. The molecule has 6 nitrogen and oxygen atoms in total. The molecule has 120 valence electrons. The first kappa shape index (κ1) is 15.2. The molecule has 0 saturated carbocycles. The second-order valence-corrected chi connectivity index (χ2v) is 6.45. The summed E-state index contributed by atoms with van der Waals surface area (Å²) in [5, 5.41) is 20.1. The molecule has 0 spiro atoms. The van der Waals surface area contributed by atoms with Crippen molar-refractivity contribution < 1.29 is 4.92 Å². The van der Waals surface area contributed by atoms with Gasteiger partial charge in [0, 0.05) is 35.0 Å². The number of hydrogen-bond donors (Lipinski definition) is 1. The van der Waals surface area contributed by atoms with E-state index in [2.05, 4.69) is 12.2 Å². The van der Waals surface area contributed by atoms with E-state index in [9.17, 15) is 10.1 Å². The average Bonchev–Trinajstić information content (AvgIpc) is 2.95. The molecule has 0 aliphatic carbocycles. The summed E-state index contributed by atoms with van der Waals surface area (Å²) in [6, 6.07) is 11.2. The number of nitro groups is 1. The molecule has 2 heterocycles. The molecule has 0 atom stereocenters. The molecule has 1 aliphatic heterocycles. The van der Waals surface area contributed by atoms with Gasteiger partial charge in [-0.15, -0.1) is 0 Å². The fourth-order valence-corrected chi connectivity index (χ4v) is 4.16. The van der Waals surface area contributed by atoms with E-state index in [4.69, 9.17) is 5.10 Å². The number of hydrogen-bond acceptors (Lipinski definition) is 5. The van der Waals surface area contributed by atoms with Gasteiger partial charge in [-0.2, -0.15) is 5.10 Å². The lowest BCUT2D eigenvalue weighted by molar-refractivity contribution is -0.387. The molecule has 7 heteroatoms. The summed E-state index contributed by atoms with van der Waals surface area (Å²) >= 11 is 1.44. The Balaban J connectivity index is 1.96. The van der Waals surface area contributed by atoms with Crippen LogP contribution in [0.15, 0.2) is 46.2 Å². The zero-order valence-electron chi connectivity index (χ0n) is 12.7. The van der Waals surface area contributed by atoms with Gasteiger partial charge in [-0.3, -0.25) is 14.8 Å². The first-order valence-electron chi connectivity index (χ1n) is 7.50. The minimum Gasteiger partial charge on any atom is -0.311 e. The number of rotatable bonds is 5. The zero-order valence-corrected chi connectivity index (χ0v) is 13.5. The van der Waals surface area contributed by atoms with E-state index in [1.54, 1.807) is 18.7 Å². The molecular weight excluding hydrogens is 324 g/mol. The molecule has 4 rings (SSSR count).